The number of aromatic nitrogens is 1. The molecule has 1 aromatic rings. The number of nitrogens with one attached hydrogen (secondary N) is 2. The van der Waals surface area contributed by atoms with Crippen molar-refractivity contribution < 1.29 is 4.74 Å². The molecular formula is C18H30N4OS. The van der Waals surface area contributed by atoms with Crippen molar-refractivity contribution in [3.8, 4) is 5.88 Å². The lowest BCUT2D eigenvalue weighted by Crippen LogP contribution is -2.43. The second-order valence-corrected chi connectivity index (χ2v) is 8.29. The van der Waals surface area contributed by atoms with Crippen molar-refractivity contribution in [2.24, 2.45) is 10.9 Å². The lowest BCUT2D eigenvalue weighted by Gasteiger charge is -2.23. The van der Waals surface area contributed by atoms with Crippen molar-refractivity contribution in [1.82, 2.24) is 15.6 Å². The fourth-order valence-electron chi connectivity index (χ4n) is 1.96. The number of thioether (sulfide) groups is 1. The molecule has 0 radical (unpaired) electrons. The normalized spacial score (nSPS) is 15.2. The molecule has 1 aliphatic carbocycles. The summed E-state index contributed by atoms with van der Waals surface area (Å²) in [5.74, 6) is 2.30. The summed E-state index contributed by atoms with van der Waals surface area (Å²) in [6, 6.07) is 3.97. The van der Waals surface area contributed by atoms with E-state index in [-0.39, 0.29) is 4.75 Å². The number of pyridine rings is 1. The maximum absolute atomic E-state index is 5.66. The molecule has 0 bridgehead atoms. The maximum Gasteiger partial charge on any atom is 0.213 e. The Hall–Kier alpha value is -1.43. The van der Waals surface area contributed by atoms with Crippen molar-refractivity contribution in [3.05, 3.63) is 23.9 Å². The van der Waals surface area contributed by atoms with Gasteiger partial charge in [-0.15, -0.1) is 0 Å². The Bertz CT molecular complexity index is 526. The fourth-order valence-corrected chi connectivity index (χ4v) is 2.17. The van der Waals surface area contributed by atoms with Gasteiger partial charge < -0.3 is 15.4 Å². The zero-order valence-corrected chi connectivity index (χ0v) is 16.1. The monoisotopic (exact) mass is 350 g/mol. The molecule has 0 amide bonds. The summed E-state index contributed by atoms with van der Waals surface area (Å²) < 4.78 is 5.84. The van der Waals surface area contributed by atoms with Gasteiger partial charge in [0.2, 0.25) is 5.88 Å². The Morgan fingerprint density at radius 3 is 2.75 bits per heavy atom. The van der Waals surface area contributed by atoms with Gasteiger partial charge >= 0.3 is 0 Å². The van der Waals surface area contributed by atoms with Crippen molar-refractivity contribution in [2.45, 2.75) is 44.9 Å². The third-order valence-electron chi connectivity index (χ3n) is 3.96. The van der Waals surface area contributed by atoms with Crippen LogP contribution in [0.15, 0.2) is 23.3 Å². The van der Waals surface area contributed by atoms with Gasteiger partial charge in [-0.3, -0.25) is 0 Å². The first-order chi connectivity index (χ1) is 11.5. The summed E-state index contributed by atoms with van der Waals surface area (Å²) in [5.41, 5.74) is 1.08. The van der Waals surface area contributed by atoms with Crippen molar-refractivity contribution >= 4 is 17.7 Å². The van der Waals surface area contributed by atoms with Crippen molar-refractivity contribution in [3.63, 3.8) is 0 Å². The number of guanidine groups is 1. The van der Waals surface area contributed by atoms with Crippen LogP contribution in [0.25, 0.3) is 0 Å². The molecule has 6 heteroatoms. The lowest BCUT2D eigenvalue weighted by molar-refractivity contribution is 0.288. The number of hydrogen-bond donors (Lipinski definition) is 2. The zero-order chi connectivity index (χ0) is 17.4. The van der Waals surface area contributed by atoms with Crippen LogP contribution in [0.1, 0.15) is 39.2 Å². The minimum atomic E-state index is 0.179. The van der Waals surface area contributed by atoms with Crippen LogP contribution in [-0.4, -0.2) is 41.6 Å². The molecule has 1 aromatic heterocycles. The second-order valence-electron chi connectivity index (χ2n) is 6.77. The Balaban J connectivity index is 1.84. The maximum atomic E-state index is 5.66. The van der Waals surface area contributed by atoms with Crippen LogP contribution in [0.3, 0.4) is 0 Å². The molecule has 1 aliphatic rings. The van der Waals surface area contributed by atoms with Crippen LogP contribution in [-0.2, 0) is 6.54 Å². The number of nitrogens with zero attached hydrogens (tertiary/aromatic N) is 2. The first-order valence-electron chi connectivity index (χ1n) is 8.67. The summed E-state index contributed by atoms with van der Waals surface area (Å²) in [6.07, 6.45) is 6.56. The van der Waals surface area contributed by atoms with Gasteiger partial charge in [0.05, 0.1) is 13.2 Å². The Kier molecular flexibility index (Phi) is 7.21. The molecule has 1 heterocycles. The number of ether oxygens (including phenoxy) is 1. The average Bonchev–Trinajstić information content (AvgIpc) is 3.41. The molecule has 1 saturated carbocycles. The summed E-state index contributed by atoms with van der Waals surface area (Å²) in [6.45, 7) is 9.63. The second kappa shape index (κ2) is 9.16. The summed E-state index contributed by atoms with van der Waals surface area (Å²) in [7, 11) is 0. The molecule has 0 aliphatic heterocycles. The van der Waals surface area contributed by atoms with E-state index in [1.54, 1.807) is 0 Å². The van der Waals surface area contributed by atoms with Gasteiger partial charge in [0.25, 0.3) is 0 Å². The minimum Gasteiger partial charge on any atom is -0.477 e. The highest BCUT2D eigenvalue weighted by atomic mass is 32.2. The van der Waals surface area contributed by atoms with Gasteiger partial charge in [-0.25, -0.2) is 9.98 Å². The van der Waals surface area contributed by atoms with Crippen LogP contribution in [0.5, 0.6) is 5.88 Å². The predicted octanol–water partition coefficient (Wildman–Crippen LogP) is 3.07. The van der Waals surface area contributed by atoms with Crippen LogP contribution in [0.2, 0.25) is 0 Å². The summed E-state index contributed by atoms with van der Waals surface area (Å²) in [4.78, 5) is 9.00. The van der Waals surface area contributed by atoms with Crippen LogP contribution in [0.4, 0.5) is 0 Å². The molecule has 0 atom stereocenters. The van der Waals surface area contributed by atoms with Gasteiger partial charge in [-0.05, 0) is 51.3 Å². The molecule has 0 unspecified atom stereocenters. The molecule has 5 nitrogen and oxygen atoms in total. The minimum absolute atomic E-state index is 0.179. The van der Waals surface area contributed by atoms with Crippen LogP contribution < -0.4 is 15.4 Å². The molecule has 0 saturated heterocycles. The highest BCUT2D eigenvalue weighted by Crippen LogP contribution is 2.29. The Labute approximate surface area is 150 Å². The molecule has 2 N–H and O–H groups in total. The van der Waals surface area contributed by atoms with E-state index in [0.29, 0.717) is 12.4 Å². The van der Waals surface area contributed by atoms with E-state index in [9.17, 15) is 0 Å². The highest BCUT2D eigenvalue weighted by Gasteiger charge is 2.22. The molecule has 2 rings (SSSR count). The Morgan fingerprint density at radius 2 is 2.17 bits per heavy atom. The van der Waals surface area contributed by atoms with E-state index in [4.69, 9.17) is 4.74 Å². The molecule has 0 spiro atoms. The summed E-state index contributed by atoms with van der Waals surface area (Å²) >= 11 is 1.85. The number of rotatable bonds is 9. The first-order valence-corrected chi connectivity index (χ1v) is 9.90. The third-order valence-corrected chi connectivity index (χ3v) is 5.21. The van der Waals surface area contributed by atoms with Gasteiger partial charge in [-0.1, -0.05) is 6.07 Å². The van der Waals surface area contributed by atoms with Gasteiger partial charge in [0, 0.05) is 30.1 Å². The van der Waals surface area contributed by atoms with Gasteiger partial charge in [0.15, 0.2) is 5.96 Å². The zero-order valence-electron chi connectivity index (χ0n) is 15.3. The summed E-state index contributed by atoms with van der Waals surface area (Å²) in [5, 5.41) is 6.69. The number of aliphatic imine (C=N–C) groups is 1. The van der Waals surface area contributed by atoms with Crippen molar-refractivity contribution in [1.29, 1.82) is 0 Å². The van der Waals surface area contributed by atoms with Gasteiger partial charge in [0.1, 0.15) is 0 Å². The van der Waals surface area contributed by atoms with Crippen LogP contribution in [0, 0.1) is 5.92 Å². The highest BCUT2D eigenvalue weighted by molar-refractivity contribution is 7.99. The van der Waals surface area contributed by atoms with Crippen molar-refractivity contribution in [2.75, 3.05) is 26.0 Å². The predicted molar refractivity (Wildman–Crippen MR) is 103 cm³/mol. The quantitative estimate of drug-likeness (QED) is 0.529. The fraction of sp³-hybridized carbons (Fsp3) is 0.667. The SMILES string of the molecule is CCNC(=NCc1ccc(OCC2CC2)nc1)NCC(C)(C)SC. The molecule has 134 valence electrons. The largest absolute Gasteiger partial charge is 0.477 e. The smallest absolute Gasteiger partial charge is 0.213 e. The third kappa shape index (κ3) is 6.99. The van der Waals surface area contributed by atoms with E-state index < -0.39 is 0 Å². The molecule has 0 aromatic carbocycles. The van der Waals surface area contributed by atoms with Gasteiger partial charge in [-0.2, -0.15) is 11.8 Å². The van der Waals surface area contributed by atoms with E-state index in [0.717, 1.165) is 37.1 Å². The van der Waals surface area contributed by atoms with E-state index >= 15 is 0 Å². The molecular weight excluding hydrogens is 320 g/mol. The average molecular weight is 351 g/mol. The van der Waals surface area contributed by atoms with E-state index in [2.05, 4.69) is 47.6 Å². The van der Waals surface area contributed by atoms with E-state index in [1.165, 1.54) is 12.8 Å². The van der Waals surface area contributed by atoms with Crippen LogP contribution >= 0.6 is 11.8 Å². The standard InChI is InChI=1S/C18H30N4OS/c1-5-19-17(22-13-18(2,3)24-4)21-11-15-8-9-16(20-10-15)23-12-14-6-7-14/h8-10,14H,5-7,11-13H2,1-4H3,(H2,19,21,22). The van der Waals surface area contributed by atoms with E-state index in [1.807, 2.05) is 30.1 Å². The first kappa shape index (κ1) is 18.9. The lowest BCUT2D eigenvalue weighted by atomic mass is 10.2. The number of hydrogen-bond acceptors (Lipinski definition) is 4. The molecule has 24 heavy (non-hydrogen) atoms. The molecule has 1 fully saturated rings. The Morgan fingerprint density at radius 1 is 1.38 bits per heavy atom. The topological polar surface area (TPSA) is 58.5 Å².